The van der Waals surface area contributed by atoms with E-state index in [0.29, 0.717) is 16.4 Å². The second-order valence-electron chi connectivity index (χ2n) is 5.19. The van der Waals surface area contributed by atoms with Gasteiger partial charge >= 0.3 is 5.92 Å². The van der Waals surface area contributed by atoms with Crippen molar-refractivity contribution < 1.29 is 13.5 Å². The fourth-order valence-electron chi connectivity index (χ4n) is 2.32. The first-order valence-corrected chi connectivity index (χ1v) is 7.09. The Bertz CT molecular complexity index is 889. The van der Waals surface area contributed by atoms with Crippen LogP contribution in [0.2, 0.25) is 5.15 Å². The van der Waals surface area contributed by atoms with Gasteiger partial charge in [0.1, 0.15) is 5.15 Å². The number of ether oxygens (including phenoxy) is 1. The molecule has 0 aliphatic rings. The van der Waals surface area contributed by atoms with E-state index >= 15 is 0 Å². The minimum Gasteiger partial charge on any atom is -0.481 e. The molecule has 0 spiro atoms. The van der Waals surface area contributed by atoms with Crippen LogP contribution in [-0.2, 0) is 13.0 Å². The standard InChI is InChI=1S/C15H13ClF2N4O/c1-15(17,18)14-20-10(5-13(21-14)23-3)9-7-22(2)11-6-19-12(16)4-8(9)11/h4-7H,1-3H3. The molecule has 0 saturated heterocycles. The number of rotatable bonds is 3. The van der Waals surface area contributed by atoms with Crippen molar-refractivity contribution in [2.45, 2.75) is 12.8 Å². The van der Waals surface area contributed by atoms with Gasteiger partial charge in [0.25, 0.3) is 0 Å². The lowest BCUT2D eigenvalue weighted by molar-refractivity contribution is 0.00722. The number of aryl methyl sites for hydroxylation is 1. The largest absolute Gasteiger partial charge is 0.481 e. The summed E-state index contributed by atoms with van der Waals surface area (Å²) in [6.45, 7) is 0.745. The summed E-state index contributed by atoms with van der Waals surface area (Å²) in [6.07, 6.45) is 3.40. The lowest BCUT2D eigenvalue weighted by atomic mass is 10.1. The monoisotopic (exact) mass is 338 g/mol. The highest BCUT2D eigenvalue weighted by Gasteiger charge is 2.30. The van der Waals surface area contributed by atoms with Crippen LogP contribution in [0.3, 0.4) is 0 Å². The molecule has 8 heteroatoms. The first kappa shape index (κ1) is 15.6. The molecule has 0 bridgehead atoms. The van der Waals surface area contributed by atoms with Crippen molar-refractivity contribution in [1.82, 2.24) is 19.5 Å². The van der Waals surface area contributed by atoms with Crippen molar-refractivity contribution in [1.29, 1.82) is 0 Å². The van der Waals surface area contributed by atoms with Crippen molar-refractivity contribution in [2.75, 3.05) is 7.11 Å². The van der Waals surface area contributed by atoms with Crippen molar-refractivity contribution in [3.05, 3.63) is 35.5 Å². The van der Waals surface area contributed by atoms with Gasteiger partial charge in [0.05, 0.1) is 24.5 Å². The fraction of sp³-hybridized carbons (Fsp3) is 0.267. The zero-order chi connectivity index (χ0) is 16.8. The molecule has 0 atom stereocenters. The van der Waals surface area contributed by atoms with Crippen LogP contribution in [0.4, 0.5) is 8.78 Å². The van der Waals surface area contributed by atoms with E-state index in [-0.39, 0.29) is 5.88 Å². The van der Waals surface area contributed by atoms with Crippen LogP contribution in [0, 0.1) is 0 Å². The van der Waals surface area contributed by atoms with Crippen LogP contribution >= 0.6 is 11.6 Å². The predicted octanol–water partition coefficient (Wildman–Crippen LogP) is 3.80. The molecule has 3 aromatic rings. The van der Waals surface area contributed by atoms with Crippen LogP contribution in [0.1, 0.15) is 12.7 Å². The lowest BCUT2D eigenvalue weighted by Crippen LogP contribution is -2.13. The molecule has 0 N–H and O–H groups in total. The number of nitrogens with zero attached hydrogens (tertiary/aromatic N) is 4. The SMILES string of the molecule is COc1cc(-c2cn(C)c3cnc(Cl)cc23)nc(C(C)(F)F)n1. The summed E-state index contributed by atoms with van der Waals surface area (Å²) in [7, 11) is 3.20. The number of fused-ring (bicyclic) bond motifs is 1. The van der Waals surface area contributed by atoms with Crippen molar-refractivity contribution in [2.24, 2.45) is 7.05 Å². The average Bonchev–Trinajstić information content (AvgIpc) is 2.82. The summed E-state index contributed by atoms with van der Waals surface area (Å²) in [5.74, 6) is -3.69. The van der Waals surface area contributed by atoms with Crippen LogP contribution in [-0.4, -0.2) is 26.6 Å². The second kappa shape index (κ2) is 5.42. The zero-order valence-corrected chi connectivity index (χ0v) is 13.4. The molecule has 23 heavy (non-hydrogen) atoms. The Morgan fingerprint density at radius 3 is 2.65 bits per heavy atom. The van der Waals surface area contributed by atoms with Gasteiger partial charge in [0, 0.05) is 37.2 Å². The Balaban J connectivity index is 2.28. The van der Waals surface area contributed by atoms with Gasteiger partial charge in [-0.05, 0) is 6.07 Å². The molecule has 0 saturated carbocycles. The minimum atomic E-state index is -3.17. The maximum Gasteiger partial charge on any atom is 0.303 e. The van der Waals surface area contributed by atoms with Gasteiger partial charge < -0.3 is 9.30 Å². The molecule has 120 valence electrons. The Morgan fingerprint density at radius 2 is 2.00 bits per heavy atom. The van der Waals surface area contributed by atoms with E-state index in [1.807, 2.05) is 11.6 Å². The summed E-state index contributed by atoms with van der Waals surface area (Å²) >= 11 is 5.95. The highest BCUT2D eigenvalue weighted by atomic mass is 35.5. The van der Waals surface area contributed by atoms with E-state index in [1.54, 1.807) is 18.5 Å². The van der Waals surface area contributed by atoms with Gasteiger partial charge in [-0.25, -0.2) is 9.97 Å². The molecular weight excluding hydrogens is 326 g/mol. The van der Waals surface area contributed by atoms with Gasteiger partial charge in [-0.2, -0.15) is 13.8 Å². The third-order valence-electron chi connectivity index (χ3n) is 3.42. The molecule has 0 aliphatic carbocycles. The van der Waals surface area contributed by atoms with E-state index in [2.05, 4.69) is 15.0 Å². The highest BCUT2D eigenvalue weighted by molar-refractivity contribution is 6.30. The van der Waals surface area contributed by atoms with Crippen molar-refractivity contribution >= 4 is 22.5 Å². The smallest absolute Gasteiger partial charge is 0.303 e. The fourth-order valence-corrected chi connectivity index (χ4v) is 2.48. The maximum atomic E-state index is 13.6. The number of hydrogen-bond acceptors (Lipinski definition) is 4. The Morgan fingerprint density at radius 1 is 1.26 bits per heavy atom. The molecule has 0 fully saturated rings. The van der Waals surface area contributed by atoms with Gasteiger partial charge in [0.2, 0.25) is 11.7 Å². The normalized spacial score (nSPS) is 11.9. The Hall–Kier alpha value is -2.28. The number of alkyl halides is 2. The average molecular weight is 339 g/mol. The van der Waals surface area contributed by atoms with Crippen LogP contribution in [0.15, 0.2) is 24.5 Å². The van der Waals surface area contributed by atoms with Crippen LogP contribution in [0.5, 0.6) is 5.88 Å². The summed E-state index contributed by atoms with van der Waals surface area (Å²) in [5.41, 5.74) is 1.80. The van der Waals surface area contributed by atoms with Gasteiger partial charge in [-0.1, -0.05) is 11.6 Å². The third-order valence-corrected chi connectivity index (χ3v) is 3.63. The van der Waals surface area contributed by atoms with Gasteiger partial charge in [-0.3, -0.25) is 0 Å². The zero-order valence-electron chi connectivity index (χ0n) is 12.6. The summed E-state index contributed by atoms with van der Waals surface area (Å²) < 4.78 is 34.1. The van der Waals surface area contributed by atoms with E-state index in [0.717, 1.165) is 17.8 Å². The number of methoxy groups -OCH3 is 1. The molecule has 0 amide bonds. The van der Waals surface area contributed by atoms with Crippen molar-refractivity contribution in [3.8, 4) is 17.1 Å². The Labute approximate surface area is 135 Å². The Kier molecular flexibility index (Phi) is 3.68. The summed E-state index contributed by atoms with van der Waals surface area (Å²) in [5, 5.41) is 1.07. The van der Waals surface area contributed by atoms with Crippen LogP contribution in [0.25, 0.3) is 22.2 Å². The van der Waals surface area contributed by atoms with Crippen LogP contribution < -0.4 is 4.74 Å². The molecular formula is C15H13ClF2N4O. The topological polar surface area (TPSA) is 52.8 Å². The molecule has 0 unspecified atom stereocenters. The number of pyridine rings is 1. The molecule has 3 heterocycles. The lowest BCUT2D eigenvalue weighted by Gasteiger charge is -2.11. The number of aromatic nitrogens is 4. The quantitative estimate of drug-likeness (QED) is 0.681. The summed E-state index contributed by atoms with van der Waals surface area (Å²) in [4.78, 5) is 11.8. The first-order chi connectivity index (χ1) is 10.8. The van der Waals surface area contributed by atoms with E-state index in [1.165, 1.54) is 13.2 Å². The maximum absolute atomic E-state index is 13.6. The van der Waals surface area contributed by atoms with E-state index in [4.69, 9.17) is 16.3 Å². The molecule has 5 nitrogen and oxygen atoms in total. The van der Waals surface area contributed by atoms with Gasteiger partial charge in [-0.15, -0.1) is 0 Å². The van der Waals surface area contributed by atoms with Crippen molar-refractivity contribution in [3.63, 3.8) is 0 Å². The van der Waals surface area contributed by atoms with E-state index in [9.17, 15) is 8.78 Å². The molecule has 0 radical (unpaired) electrons. The molecule has 0 aliphatic heterocycles. The first-order valence-electron chi connectivity index (χ1n) is 6.72. The highest BCUT2D eigenvalue weighted by Crippen LogP contribution is 2.33. The third kappa shape index (κ3) is 2.84. The minimum absolute atomic E-state index is 0.0729. The second-order valence-corrected chi connectivity index (χ2v) is 5.57. The van der Waals surface area contributed by atoms with Gasteiger partial charge in [0.15, 0.2) is 0 Å². The van der Waals surface area contributed by atoms with E-state index < -0.39 is 11.7 Å². The number of halogens is 3. The summed E-state index contributed by atoms with van der Waals surface area (Å²) in [6, 6.07) is 3.18. The molecule has 3 rings (SSSR count). The number of hydrogen-bond donors (Lipinski definition) is 0. The molecule has 0 aromatic carbocycles. The molecule has 3 aromatic heterocycles. The predicted molar refractivity (Wildman–Crippen MR) is 82.9 cm³/mol.